The van der Waals surface area contributed by atoms with Gasteiger partial charge >= 0.3 is 0 Å². The summed E-state index contributed by atoms with van der Waals surface area (Å²) in [4.78, 5) is 23.3. The monoisotopic (exact) mass is 359 g/mol. The summed E-state index contributed by atoms with van der Waals surface area (Å²) < 4.78 is 11.1. The number of fused-ring (bicyclic) bond motifs is 1. The van der Waals surface area contributed by atoms with E-state index in [1.807, 2.05) is 12.1 Å². The van der Waals surface area contributed by atoms with Gasteiger partial charge in [0, 0.05) is 24.6 Å². The number of Topliss-reactive ketones (excluding diaryl/α,β-unsaturated/α-hetero) is 1. The highest BCUT2D eigenvalue weighted by molar-refractivity contribution is 6.29. The predicted molar refractivity (Wildman–Crippen MR) is 93.7 cm³/mol. The molecule has 0 amide bonds. The Bertz CT molecular complexity index is 791. The van der Waals surface area contributed by atoms with Crippen molar-refractivity contribution >= 4 is 23.2 Å². The first-order valence-corrected chi connectivity index (χ1v) is 8.75. The molecule has 25 heavy (non-hydrogen) atoms. The number of ether oxygens (including phenoxy) is 2. The Morgan fingerprint density at radius 1 is 1.12 bits per heavy atom. The molecule has 2 aliphatic rings. The highest BCUT2D eigenvalue weighted by Crippen LogP contribution is 2.33. The number of piperidine rings is 1. The number of nitrogens with zero attached hydrogens (tertiary/aromatic N) is 3. The van der Waals surface area contributed by atoms with Gasteiger partial charge in [0.15, 0.2) is 17.3 Å². The van der Waals surface area contributed by atoms with Crippen LogP contribution in [0.5, 0.6) is 11.5 Å². The van der Waals surface area contributed by atoms with E-state index in [0.717, 1.165) is 31.7 Å². The molecule has 0 atom stereocenters. The van der Waals surface area contributed by atoms with Gasteiger partial charge in [-0.05, 0) is 31.0 Å². The second-order valence-electron chi connectivity index (χ2n) is 6.18. The summed E-state index contributed by atoms with van der Waals surface area (Å²) in [7, 11) is 0. The largest absolute Gasteiger partial charge is 0.486 e. The van der Waals surface area contributed by atoms with Crippen molar-refractivity contribution < 1.29 is 14.3 Å². The third-order valence-corrected chi connectivity index (χ3v) is 4.79. The van der Waals surface area contributed by atoms with Gasteiger partial charge in [0.1, 0.15) is 24.2 Å². The standard InChI is InChI=1S/C18H18ClN3O3/c19-16-10-20-11-17(21-16)22-5-3-12(4-6-22)18(23)13-1-2-14-15(9-13)25-8-7-24-14/h1-2,9-12H,3-8H2. The predicted octanol–water partition coefficient (Wildman–Crippen LogP) is 3.00. The molecular weight excluding hydrogens is 342 g/mol. The molecule has 6 nitrogen and oxygen atoms in total. The number of aromatic nitrogens is 2. The Balaban J connectivity index is 1.43. The van der Waals surface area contributed by atoms with Crippen molar-refractivity contribution in [2.45, 2.75) is 12.8 Å². The number of rotatable bonds is 3. The van der Waals surface area contributed by atoms with E-state index in [4.69, 9.17) is 21.1 Å². The number of halogens is 1. The fourth-order valence-electron chi connectivity index (χ4n) is 3.29. The molecule has 0 bridgehead atoms. The van der Waals surface area contributed by atoms with E-state index < -0.39 is 0 Å². The quantitative estimate of drug-likeness (QED) is 0.785. The number of ketones is 1. The van der Waals surface area contributed by atoms with Gasteiger partial charge in [-0.25, -0.2) is 4.98 Å². The fraction of sp³-hybridized carbons (Fsp3) is 0.389. The SMILES string of the molecule is O=C(c1ccc2c(c1)OCCO2)C1CCN(c2cncc(Cl)n2)CC1. The van der Waals surface area contributed by atoms with Crippen LogP contribution in [0, 0.1) is 5.92 Å². The maximum absolute atomic E-state index is 12.8. The van der Waals surface area contributed by atoms with Gasteiger partial charge in [-0.15, -0.1) is 0 Å². The van der Waals surface area contributed by atoms with Crippen LogP contribution in [0.1, 0.15) is 23.2 Å². The highest BCUT2D eigenvalue weighted by Gasteiger charge is 2.27. The smallest absolute Gasteiger partial charge is 0.166 e. The van der Waals surface area contributed by atoms with Crippen molar-refractivity contribution in [2.24, 2.45) is 5.92 Å². The van der Waals surface area contributed by atoms with Crippen molar-refractivity contribution in [3.05, 3.63) is 41.3 Å². The number of hydrogen-bond donors (Lipinski definition) is 0. The van der Waals surface area contributed by atoms with Gasteiger partial charge in [0.2, 0.25) is 0 Å². The molecule has 0 spiro atoms. The van der Waals surface area contributed by atoms with Crippen LogP contribution < -0.4 is 14.4 Å². The summed E-state index contributed by atoms with van der Waals surface area (Å²) in [5, 5.41) is 0.381. The molecule has 1 aromatic heterocycles. The molecule has 3 heterocycles. The second-order valence-corrected chi connectivity index (χ2v) is 6.57. The van der Waals surface area contributed by atoms with Gasteiger partial charge in [0.25, 0.3) is 0 Å². The molecule has 0 unspecified atom stereocenters. The minimum atomic E-state index is 0.00551. The third kappa shape index (κ3) is 3.39. The summed E-state index contributed by atoms with van der Waals surface area (Å²) >= 11 is 5.90. The Morgan fingerprint density at radius 2 is 1.88 bits per heavy atom. The second kappa shape index (κ2) is 6.88. The highest BCUT2D eigenvalue weighted by atomic mass is 35.5. The molecule has 7 heteroatoms. The van der Waals surface area contributed by atoms with E-state index >= 15 is 0 Å². The van der Waals surface area contributed by atoms with Crippen LogP contribution in [0.2, 0.25) is 5.15 Å². The maximum atomic E-state index is 12.8. The van der Waals surface area contributed by atoms with Crippen molar-refractivity contribution in [1.82, 2.24) is 9.97 Å². The zero-order valence-corrected chi connectivity index (χ0v) is 14.4. The lowest BCUT2D eigenvalue weighted by Crippen LogP contribution is -2.37. The molecule has 1 fully saturated rings. The van der Waals surface area contributed by atoms with E-state index in [-0.39, 0.29) is 11.7 Å². The van der Waals surface area contributed by atoms with E-state index in [0.29, 0.717) is 35.4 Å². The Morgan fingerprint density at radius 3 is 2.64 bits per heavy atom. The average Bonchev–Trinajstić information content (AvgIpc) is 2.67. The third-order valence-electron chi connectivity index (χ3n) is 4.61. The van der Waals surface area contributed by atoms with Gasteiger partial charge < -0.3 is 14.4 Å². The molecular formula is C18H18ClN3O3. The lowest BCUT2D eigenvalue weighted by molar-refractivity contribution is 0.0899. The summed E-state index contributed by atoms with van der Waals surface area (Å²) in [6, 6.07) is 5.44. The van der Waals surface area contributed by atoms with E-state index in [1.54, 1.807) is 12.3 Å². The minimum absolute atomic E-state index is 0.00551. The summed E-state index contributed by atoms with van der Waals surface area (Å²) in [6.07, 6.45) is 4.78. The molecule has 0 saturated carbocycles. The molecule has 0 aliphatic carbocycles. The lowest BCUT2D eigenvalue weighted by atomic mass is 9.88. The van der Waals surface area contributed by atoms with Crippen molar-refractivity contribution in [2.75, 3.05) is 31.2 Å². The van der Waals surface area contributed by atoms with Crippen LogP contribution in [-0.4, -0.2) is 42.1 Å². The molecule has 1 saturated heterocycles. The summed E-state index contributed by atoms with van der Waals surface area (Å²) in [5.41, 5.74) is 0.685. The lowest BCUT2D eigenvalue weighted by Gasteiger charge is -2.32. The van der Waals surface area contributed by atoms with Crippen LogP contribution in [-0.2, 0) is 0 Å². The van der Waals surface area contributed by atoms with Crippen LogP contribution in [0.15, 0.2) is 30.6 Å². The van der Waals surface area contributed by atoms with E-state index in [2.05, 4.69) is 14.9 Å². The summed E-state index contributed by atoms with van der Waals surface area (Å²) in [6.45, 7) is 2.58. The maximum Gasteiger partial charge on any atom is 0.166 e. The van der Waals surface area contributed by atoms with Gasteiger partial charge in [-0.3, -0.25) is 9.78 Å². The Labute approximate surface area is 150 Å². The normalized spacial score (nSPS) is 17.4. The van der Waals surface area contributed by atoms with Crippen molar-refractivity contribution in [3.63, 3.8) is 0 Å². The van der Waals surface area contributed by atoms with Gasteiger partial charge in [0.05, 0.1) is 12.4 Å². The van der Waals surface area contributed by atoms with Crippen molar-refractivity contribution in [1.29, 1.82) is 0 Å². The minimum Gasteiger partial charge on any atom is -0.486 e. The summed E-state index contributed by atoms with van der Waals surface area (Å²) in [5.74, 6) is 2.29. The first-order chi connectivity index (χ1) is 12.2. The molecule has 4 rings (SSSR count). The number of hydrogen-bond acceptors (Lipinski definition) is 6. The molecule has 2 aliphatic heterocycles. The fourth-order valence-corrected chi connectivity index (χ4v) is 3.43. The number of carbonyl (C=O) groups is 1. The van der Waals surface area contributed by atoms with Gasteiger partial charge in [-0.1, -0.05) is 11.6 Å². The Kier molecular flexibility index (Phi) is 4.44. The average molecular weight is 360 g/mol. The molecule has 2 aromatic rings. The zero-order valence-electron chi connectivity index (χ0n) is 13.7. The number of benzene rings is 1. The van der Waals surface area contributed by atoms with E-state index in [1.165, 1.54) is 6.20 Å². The van der Waals surface area contributed by atoms with Crippen LogP contribution in [0.4, 0.5) is 5.82 Å². The Hall–Kier alpha value is -2.34. The first-order valence-electron chi connectivity index (χ1n) is 8.37. The molecule has 130 valence electrons. The number of carbonyl (C=O) groups excluding carboxylic acids is 1. The van der Waals surface area contributed by atoms with E-state index in [9.17, 15) is 4.79 Å². The van der Waals surface area contributed by atoms with Gasteiger partial charge in [-0.2, -0.15) is 0 Å². The number of anilines is 1. The topological polar surface area (TPSA) is 64.6 Å². The van der Waals surface area contributed by atoms with Crippen LogP contribution in [0.25, 0.3) is 0 Å². The molecule has 0 N–H and O–H groups in total. The molecule has 1 aromatic carbocycles. The molecule has 0 radical (unpaired) electrons. The first kappa shape index (κ1) is 16.1. The van der Waals surface area contributed by atoms with Crippen LogP contribution >= 0.6 is 11.6 Å². The zero-order chi connectivity index (χ0) is 17.2. The van der Waals surface area contributed by atoms with Crippen molar-refractivity contribution in [3.8, 4) is 11.5 Å². The van der Waals surface area contributed by atoms with Crippen LogP contribution in [0.3, 0.4) is 0 Å².